The average molecular weight is 267 g/mol. The summed E-state index contributed by atoms with van der Waals surface area (Å²) < 4.78 is 15.8. The Morgan fingerprint density at radius 1 is 0.895 bits per heavy atom. The Hall–Kier alpha value is -0.940. The van der Waals surface area contributed by atoms with Gasteiger partial charge in [-0.2, -0.15) is 0 Å². The van der Waals surface area contributed by atoms with Gasteiger partial charge in [-0.3, -0.25) is 0 Å². The van der Waals surface area contributed by atoms with Crippen molar-refractivity contribution in [2.24, 2.45) is 0 Å². The molecule has 0 saturated carbocycles. The zero-order chi connectivity index (χ0) is 13.6. The molecule has 108 valence electrons. The second-order valence-electron chi connectivity index (χ2n) is 4.23. The van der Waals surface area contributed by atoms with Crippen LogP contribution in [0.5, 0.6) is 0 Å². The predicted molar refractivity (Wildman–Crippen MR) is 76.3 cm³/mol. The molecule has 0 unspecified atom stereocenters. The highest BCUT2D eigenvalue weighted by molar-refractivity contribution is 5.14. The zero-order valence-corrected chi connectivity index (χ0v) is 11.8. The zero-order valence-electron chi connectivity index (χ0n) is 11.8. The monoisotopic (exact) mass is 267 g/mol. The van der Waals surface area contributed by atoms with Crippen molar-refractivity contribution < 1.29 is 14.2 Å². The van der Waals surface area contributed by atoms with Crippen LogP contribution in [0.1, 0.15) is 12.0 Å². The van der Waals surface area contributed by atoms with Crippen LogP contribution in [0.4, 0.5) is 0 Å². The standard InChI is InChI=1S/C15H25NO3/c1-17-9-5-10-18-12-13-19-11-8-16-14-15-6-3-2-4-7-15/h2-4,6-7,16H,5,8-14H2,1H3. The van der Waals surface area contributed by atoms with Crippen molar-refractivity contribution in [3.63, 3.8) is 0 Å². The number of ether oxygens (including phenoxy) is 3. The lowest BCUT2D eigenvalue weighted by molar-refractivity contribution is 0.0408. The first kappa shape index (κ1) is 16.1. The summed E-state index contributed by atoms with van der Waals surface area (Å²) in [5.41, 5.74) is 1.30. The first-order valence-electron chi connectivity index (χ1n) is 6.82. The molecule has 0 spiro atoms. The highest BCUT2D eigenvalue weighted by Crippen LogP contribution is 1.96. The first-order chi connectivity index (χ1) is 9.43. The molecule has 1 rings (SSSR count). The molecule has 0 amide bonds. The molecule has 0 radical (unpaired) electrons. The summed E-state index contributed by atoms with van der Waals surface area (Å²) in [4.78, 5) is 0. The van der Waals surface area contributed by atoms with E-state index in [0.29, 0.717) is 19.8 Å². The van der Waals surface area contributed by atoms with Crippen LogP contribution in [0.3, 0.4) is 0 Å². The Bertz CT molecular complexity index is 293. The third-order valence-electron chi connectivity index (χ3n) is 2.60. The van der Waals surface area contributed by atoms with Crippen LogP contribution in [0, 0.1) is 0 Å². The first-order valence-corrected chi connectivity index (χ1v) is 6.82. The minimum Gasteiger partial charge on any atom is -0.385 e. The smallest absolute Gasteiger partial charge is 0.0701 e. The molecule has 0 aromatic heterocycles. The van der Waals surface area contributed by atoms with E-state index in [-0.39, 0.29) is 0 Å². The average Bonchev–Trinajstić information content (AvgIpc) is 2.46. The Kier molecular flexibility index (Phi) is 10.3. The summed E-state index contributed by atoms with van der Waals surface area (Å²) in [6.45, 7) is 5.26. The van der Waals surface area contributed by atoms with Gasteiger partial charge < -0.3 is 19.5 Å². The van der Waals surface area contributed by atoms with E-state index in [1.54, 1.807) is 7.11 Å². The molecule has 19 heavy (non-hydrogen) atoms. The van der Waals surface area contributed by atoms with Crippen molar-refractivity contribution in [2.75, 3.05) is 46.7 Å². The van der Waals surface area contributed by atoms with E-state index in [1.807, 2.05) is 6.07 Å². The van der Waals surface area contributed by atoms with E-state index in [0.717, 1.165) is 32.7 Å². The van der Waals surface area contributed by atoms with Crippen LogP contribution in [0.2, 0.25) is 0 Å². The fourth-order valence-electron chi connectivity index (χ4n) is 1.60. The molecule has 4 nitrogen and oxygen atoms in total. The highest BCUT2D eigenvalue weighted by atomic mass is 16.5. The Labute approximate surface area is 116 Å². The van der Waals surface area contributed by atoms with Gasteiger partial charge >= 0.3 is 0 Å². The highest BCUT2D eigenvalue weighted by Gasteiger charge is 1.92. The molecule has 0 saturated heterocycles. The number of methoxy groups -OCH3 is 1. The quantitative estimate of drug-likeness (QED) is 0.587. The summed E-state index contributed by atoms with van der Waals surface area (Å²) in [7, 11) is 1.70. The van der Waals surface area contributed by atoms with Crippen LogP contribution in [0.15, 0.2) is 30.3 Å². The lowest BCUT2D eigenvalue weighted by Crippen LogP contribution is -2.20. The van der Waals surface area contributed by atoms with Gasteiger partial charge in [0.2, 0.25) is 0 Å². The van der Waals surface area contributed by atoms with Crippen molar-refractivity contribution in [3.8, 4) is 0 Å². The lowest BCUT2D eigenvalue weighted by Gasteiger charge is -2.07. The largest absolute Gasteiger partial charge is 0.385 e. The maximum absolute atomic E-state index is 5.46. The molecule has 0 heterocycles. The molecule has 0 aliphatic heterocycles. The van der Waals surface area contributed by atoms with E-state index in [9.17, 15) is 0 Å². The van der Waals surface area contributed by atoms with Crippen LogP contribution in [-0.4, -0.2) is 46.7 Å². The summed E-state index contributed by atoms with van der Waals surface area (Å²) in [6.07, 6.45) is 0.940. The fraction of sp³-hybridized carbons (Fsp3) is 0.600. The molecule has 0 aliphatic carbocycles. The molecule has 1 aromatic carbocycles. The minimum atomic E-state index is 0.653. The van der Waals surface area contributed by atoms with Crippen LogP contribution < -0.4 is 5.32 Å². The van der Waals surface area contributed by atoms with Crippen molar-refractivity contribution in [1.82, 2.24) is 5.32 Å². The normalized spacial score (nSPS) is 10.8. The van der Waals surface area contributed by atoms with Gasteiger partial charge in [-0.25, -0.2) is 0 Å². The van der Waals surface area contributed by atoms with E-state index >= 15 is 0 Å². The van der Waals surface area contributed by atoms with Gasteiger partial charge in [0.15, 0.2) is 0 Å². The predicted octanol–water partition coefficient (Wildman–Crippen LogP) is 1.85. The molecule has 0 bridgehead atoms. The molecule has 0 fully saturated rings. The molecule has 4 heteroatoms. The number of rotatable bonds is 12. The molecule has 0 atom stereocenters. The Morgan fingerprint density at radius 3 is 2.37 bits per heavy atom. The van der Waals surface area contributed by atoms with Gasteiger partial charge in [0.25, 0.3) is 0 Å². The third-order valence-corrected chi connectivity index (χ3v) is 2.60. The van der Waals surface area contributed by atoms with Gasteiger partial charge in [-0.05, 0) is 12.0 Å². The molecular weight excluding hydrogens is 242 g/mol. The topological polar surface area (TPSA) is 39.7 Å². The fourth-order valence-corrected chi connectivity index (χ4v) is 1.60. The minimum absolute atomic E-state index is 0.653. The van der Waals surface area contributed by atoms with Gasteiger partial charge in [0.05, 0.1) is 19.8 Å². The Balaban J connectivity index is 1.79. The van der Waals surface area contributed by atoms with E-state index in [2.05, 4.69) is 29.6 Å². The maximum Gasteiger partial charge on any atom is 0.0701 e. The summed E-state index contributed by atoms with van der Waals surface area (Å²) in [5, 5.41) is 3.34. The third kappa shape index (κ3) is 9.62. The maximum atomic E-state index is 5.46. The van der Waals surface area contributed by atoms with Crippen LogP contribution in [-0.2, 0) is 20.8 Å². The van der Waals surface area contributed by atoms with Crippen LogP contribution >= 0.6 is 0 Å². The van der Waals surface area contributed by atoms with Crippen molar-refractivity contribution in [1.29, 1.82) is 0 Å². The van der Waals surface area contributed by atoms with Gasteiger partial charge in [0, 0.05) is 33.4 Å². The van der Waals surface area contributed by atoms with Crippen molar-refractivity contribution in [2.45, 2.75) is 13.0 Å². The van der Waals surface area contributed by atoms with Crippen molar-refractivity contribution in [3.05, 3.63) is 35.9 Å². The van der Waals surface area contributed by atoms with Crippen molar-refractivity contribution >= 4 is 0 Å². The van der Waals surface area contributed by atoms with Gasteiger partial charge in [-0.15, -0.1) is 0 Å². The number of benzene rings is 1. The summed E-state index contributed by atoms with van der Waals surface area (Å²) >= 11 is 0. The lowest BCUT2D eigenvalue weighted by atomic mass is 10.2. The van der Waals surface area contributed by atoms with Crippen LogP contribution in [0.25, 0.3) is 0 Å². The van der Waals surface area contributed by atoms with E-state index in [4.69, 9.17) is 14.2 Å². The number of nitrogens with one attached hydrogen (secondary N) is 1. The summed E-state index contributed by atoms with van der Waals surface area (Å²) in [5.74, 6) is 0. The summed E-state index contributed by atoms with van der Waals surface area (Å²) in [6, 6.07) is 10.4. The second-order valence-corrected chi connectivity index (χ2v) is 4.23. The molecule has 0 aliphatic rings. The second kappa shape index (κ2) is 12.1. The number of hydrogen-bond acceptors (Lipinski definition) is 4. The number of hydrogen-bond donors (Lipinski definition) is 1. The van der Waals surface area contributed by atoms with Gasteiger partial charge in [0.1, 0.15) is 0 Å². The molecular formula is C15H25NO3. The SMILES string of the molecule is COCCCOCCOCCNCc1ccccc1. The Morgan fingerprint density at radius 2 is 1.63 bits per heavy atom. The molecule has 1 N–H and O–H groups in total. The van der Waals surface area contributed by atoms with E-state index in [1.165, 1.54) is 5.56 Å². The van der Waals surface area contributed by atoms with Gasteiger partial charge in [-0.1, -0.05) is 30.3 Å². The molecule has 1 aromatic rings. The van der Waals surface area contributed by atoms with E-state index < -0.39 is 0 Å².